The number of ether oxygens (including phenoxy) is 1. The third-order valence-electron chi connectivity index (χ3n) is 6.18. The lowest BCUT2D eigenvalue weighted by Gasteiger charge is -2.42. The van der Waals surface area contributed by atoms with E-state index in [2.05, 4.69) is 15.5 Å². The zero-order chi connectivity index (χ0) is 23.3. The Bertz CT molecular complexity index is 975. The Hall–Kier alpha value is -3.10. The number of nitrogens with zero attached hydrogens (tertiary/aromatic N) is 2. The van der Waals surface area contributed by atoms with Crippen molar-refractivity contribution in [3.63, 3.8) is 0 Å². The van der Waals surface area contributed by atoms with Gasteiger partial charge >= 0.3 is 6.03 Å². The topological polar surface area (TPSA) is 94.1 Å². The maximum Gasteiger partial charge on any atom is 0.329 e. The van der Waals surface area contributed by atoms with Gasteiger partial charge in [0.05, 0.1) is 12.3 Å². The first-order valence-corrected chi connectivity index (χ1v) is 11.7. The number of amides is 3. The van der Waals surface area contributed by atoms with Crippen LogP contribution in [0.15, 0.2) is 48.5 Å². The SMILES string of the molecule is CCOc1ccc(N2C(=O)Nc3ccccc3[C@@]2(O)C(=O)NCCCN2CCCCC2)cc1. The molecule has 0 aromatic heterocycles. The number of hydrogen-bond donors (Lipinski definition) is 3. The summed E-state index contributed by atoms with van der Waals surface area (Å²) in [5.41, 5.74) is -1.06. The average Bonchev–Trinajstić information content (AvgIpc) is 2.83. The van der Waals surface area contributed by atoms with Gasteiger partial charge in [0.15, 0.2) is 0 Å². The fourth-order valence-electron chi connectivity index (χ4n) is 4.53. The number of piperidine rings is 1. The van der Waals surface area contributed by atoms with E-state index in [1.54, 1.807) is 48.5 Å². The van der Waals surface area contributed by atoms with Gasteiger partial charge < -0.3 is 25.4 Å². The number of carbonyl (C=O) groups excluding carboxylic acids is 2. The summed E-state index contributed by atoms with van der Waals surface area (Å²) in [7, 11) is 0. The van der Waals surface area contributed by atoms with Crippen LogP contribution in [0.1, 0.15) is 38.2 Å². The van der Waals surface area contributed by atoms with Crippen molar-refractivity contribution >= 4 is 23.3 Å². The molecule has 0 radical (unpaired) electrons. The molecule has 0 bridgehead atoms. The Morgan fingerprint density at radius 3 is 2.58 bits per heavy atom. The molecule has 3 N–H and O–H groups in total. The molecule has 1 fully saturated rings. The summed E-state index contributed by atoms with van der Waals surface area (Å²) < 4.78 is 5.48. The molecular formula is C25H32N4O4. The lowest BCUT2D eigenvalue weighted by Crippen LogP contribution is -2.62. The number of carbonyl (C=O) groups is 2. The Morgan fingerprint density at radius 1 is 1.12 bits per heavy atom. The quantitative estimate of drug-likeness (QED) is 0.535. The van der Waals surface area contributed by atoms with E-state index in [-0.39, 0.29) is 0 Å². The number of fused-ring (bicyclic) bond motifs is 1. The normalized spacial score (nSPS) is 20.7. The van der Waals surface area contributed by atoms with Gasteiger partial charge in [-0.3, -0.25) is 9.69 Å². The molecule has 8 heteroatoms. The summed E-state index contributed by atoms with van der Waals surface area (Å²) in [5, 5.41) is 17.4. The average molecular weight is 453 g/mol. The van der Waals surface area contributed by atoms with Gasteiger partial charge in [-0.1, -0.05) is 24.6 Å². The van der Waals surface area contributed by atoms with Crippen LogP contribution in [-0.4, -0.2) is 54.7 Å². The zero-order valence-electron chi connectivity index (χ0n) is 19.0. The minimum absolute atomic E-state index is 0.326. The molecule has 2 aromatic rings. The van der Waals surface area contributed by atoms with Crippen LogP contribution in [0.25, 0.3) is 0 Å². The van der Waals surface area contributed by atoms with Crippen molar-refractivity contribution in [2.75, 3.05) is 43.0 Å². The molecule has 3 amide bonds. The summed E-state index contributed by atoms with van der Waals surface area (Å²) in [6.07, 6.45) is 4.49. The number of anilines is 2. The summed E-state index contributed by atoms with van der Waals surface area (Å²) in [6.45, 7) is 5.91. The van der Waals surface area contributed by atoms with E-state index in [9.17, 15) is 14.7 Å². The summed E-state index contributed by atoms with van der Waals surface area (Å²) in [4.78, 5) is 30.0. The first-order valence-electron chi connectivity index (χ1n) is 11.7. The van der Waals surface area contributed by atoms with Crippen LogP contribution in [-0.2, 0) is 10.5 Å². The Morgan fingerprint density at radius 2 is 1.85 bits per heavy atom. The van der Waals surface area contributed by atoms with Gasteiger partial charge in [0.2, 0.25) is 0 Å². The van der Waals surface area contributed by atoms with Crippen LogP contribution in [0.2, 0.25) is 0 Å². The van der Waals surface area contributed by atoms with Crippen molar-refractivity contribution < 1.29 is 19.4 Å². The Labute approximate surface area is 194 Å². The zero-order valence-corrected chi connectivity index (χ0v) is 19.0. The van der Waals surface area contributed by atoms with E-state index >= 15 is 0 Å². The maximum atomic E-state index is 13.4. The molecule has 0 saturated carbocycles. The second-order valence-electron chi connectivity index (χ2n) is 8.42. The number of hydrogen-bond acceptors (Lipinski definition) is 5. The predicted octanol–water partition coefficient (Wildman–Crippen LogP) is 3.27. The van der Waals surface area contributed by atoms with E-state index in [1.807, 2.05) is 6.92 Å². The standard InChI is InChI=1S/C25H32N4O4/c1-2-33-20-13-11-19(12-14-20)29-24(31)27-22-10-5-4-9-21(22)25(29,32)23(30)26-15-8-18-28-16-6-3-7-17-28/h4-5,9-14,32H,2-3,6-8,15-18H2,1H3,(H,26,30)(H,27,31)/t25-/m1/s1. The number of likely N-dealkylation sites (tertiary alicyclic amines) is 1. The van der Waals surface area contributed by atoms with Gasteiger partial charge in [-0.15, -0.1) is 0 Å². The third kappa shape index (κ3) is 4.82. The molecule has 2 aliphatic heterocycles. The molecule has 176 valence electrons. The van der Waals surface area contributed by atoms with Crippen LogP contribution in [0, 0.1) is 0 Å². The van der Waals surface area contributed by atoms with Gasteiger partial charge in [0.1, 0.15) is 5.75 Å². The minimum Gasteiger partial charge on any atom is -0.494 e. The van der Waals surface area contributed by atoms with Gasteiger partial charge in [-0.2, -0.15) is 0 Å². The van der Waals surface area contributed by atoms with Crippen LogP contribution >= 0.6 is 0 Å². The van der Waals surface area contributed by atoms with Gasteiger partial charge in [-0.05, 0) is 76.2 Å². The summed E-state index contributed by atoms with van der Waals surface area (Å²) in [6, 6.07) is 13.0. The van der Waals surface area contributed by atoms with Crippen molar-refractivity contribution in [2.45, 2.75) is 38.3 Å². The molecule has 1 saturated heterocycles. The molecule has 4 rings (SSSR count). The van der Waals surface area contributed by atoms with Crippen molar-refractivity contribution in [3.8, 4) is 5.75 Å². The highest BCUT2D eigenvalue weighted by Gasteiger charge is 2.51. The van der Waals surface area contributed by atoms with E-state index < -0.39 is 17.7 Å². The highest BCUT2D eigenvalue weighted by Crippen LogP contribution is 2.40. The molecule has 0 aliphatic carbocycles. The summed E-state index contributed by atoms with van der Waals surface area (Å²) >= 11 is 0. The molecule has 2 aliphatic rings. The predicted molar refractivity (Wildman–Crippen MR) is 127 cm³/mol. The minimum atomic E-state index is -2.18. The lowest BCUT2D eigenvalue weighted by molar-refractivity contribution is -0.140. The fraction of sp³-hybridized carbons (Fsp3) is 0.440. The summed E-state index contributed by atoms with van der Waals surface area (Å²) in [5.74, 6) is 0.0158. The first-order chi connectivity index (χ1) is 16.0. The monoisotopic (exact) mass is 452 g/mol. The van der Waals surface area contributed by atoms with E-state index in [0.29, 0.717) is 35.8 Å². The number of urea groups is 1. The Balaban J connectivity index is 1.56. The second-order valence-corrected chi connectivity index (χ2v) is 8.42. The van der Waals surface area contributed by atoms with Crippen molar-refractivity contribution in [1.82, 2.24) is 10.2 Å². The molecule has 1 atom stereocenters. The third-order valence-corrected chi connectivity index (χ3v) is 6.18. The van der Waals surface area contributed by atoms with Crippen molar-refractivity contribution in [1.29, 1.82) is 0 Å². The van der Waals surface area contributed by atoms with Gasteiger partial charge in [0.25, 0.3) is 11.6 Å². The number of nitrogens with one attached hydrogen (secondary N) is 2. The highest BCUT2D eigenvalue weighted by molar-refractivity contribution is 6.11. The second kappa shape index (κ2) is 10.2. The Kier molecular flexibility index (Phi) is 7.15. The molecule has 8 nitrogen and oxygen atoms in total. The molecular weight excluding hydrogens is 420 g/mol. The molecule has 2 aromatic carbocycles. The van der Waals surface area contributed by atoms with Crippen molar-refractivity contribution in [2.24, 2.45) is 0 Å². The molecule has 33 heavy (non-hydrogen) atoms. The van der Waals surface area contributed by atoms with Crippen LogP contribution in [0.4, 0.5) is 16.2 Å². The van der Waals surface area contributed by atoms with E-state index in [1.165, 1.54) is 19.3 Å². The number of para-hydroxylation sites is 1. The van der Waals surface area contributed by atoms with Gasteiger partial charge in [0, 0.05) is 17.8 Å². The van der Waals surface area contributed by atoms with Gasteiger partial charge in [-0.25, -0.2) is 4.79 Å². The number of rotatable bonds is 8. The van der Waals surface area contributed by atoms with E-state index in [0.717, 1.165) is 31.0 Å². The number of benzene rings is 2. The van der Waals surface area contributed by atoms with Crippen molar-refractivity contribution in [3.05, 3.63) is 54.1 Å². The lowest BCUT2D eigenvalue weighted by atomic mass is 9.94. The van der Waals surface area contributed by atoms with Crippen LogP contribution in [0.5, 0.6) is 5.75 Å². The van der Waals surface area contributed by atoms with Crippen LogP contribution < -0.4 is 20.3 Å². The highest BCUT2D eigenvalue weighted by atomic mass is 16.5. The maximum absolute atomic E-state index is 13.4. The molecule has 0 spiro atoms. The van der Waals surface area contributed by atoms with Crippen LogP contribution in [0.3, 0.4) is 0 Å². The fourth-order valence-corrected chi connectivity index (χ4v) is 4.53. The van der Waals surface area contributed by atoms with E-state index in [4.69, 9.17) is 4.74 Å². The number of aliphatic hydroxyl groups is 1. The largest absolute Gasteiger partial charge is 0.494 e. The molecule has 0 unspecified atom stereocenters. The first kappa shape index (κ1) is 23.1. The smallest absolute Gasteiger partial charge is 0.329 e. The molecule has 2 heterocycles.